The standard InChI is InChI=1S/C13H13BrO/c1-8-3-4-10-6-12(13(15)7-14)9(2)11(10)5-8/h3-6,9H,7H2,1-2H3. The maximum Gasteiger partial charge on any atom is 0.169 e. The van der Waals surface area contributed by atoms with Crippen molar-refractivity contribution in [2.24, 2.45) is 0 Å². The van der Waals surface area contributed by atoms with Gasteiger partial charge in [0.25, 0.3) is 0 Å². The lowest BCUT2D eigenvalue weighted by atomic mass is 9.95. The van der Waals surface area contributed by atoms with Crippen LogP contribution in [0.2, 0.25) is 0 Å². The van der Waals surface area contributed by atoms with Crippen molar-refractivity contribution < 1.29 is 4.79 Å². The van der Waals surface area contributed by atoms with E-state index in [2.05, 4.69) is 48.0 Å². The molecule has 2 rings (SSSR count). The quantitative estimate of drug-likeness (QED) is 0.748. The second-order valence-electron chi connectivity index (χ2n) is 4.01. The summed E-state index contributed by atoms with van der Waals surface area (Å²) in [4.78, 5) is 11.7. The van der Waals surface area contributed by atoms with Gasteiger partial charge >= 0.3 is 0 Å². The fourth-order valence-corrected chi connectivity index (χ4v) is 2.38. The summed E-state index contributed by atoms with van der Waals surface area (Å²) in [5.41, 5.74) is 4.64. The Morgan fingerprint density at radius 2 is 2.20 bits per heavy atom. The lowest BCUT2D eigenvalue weighted by Crippen LogP contribution is -2.06. The summed E-state index contributed by atoms with van der Waals surface area (Å²) in [5.74, 6) is 0.432. The number of rotatable bonds is 2. The minimum Gasteiger partial charge on any atom is -0.294 e. The van der Waals surface area contributed by atoms with Crippen LogP contribution in [-0.2, 0) is 4.79 Å². The number of ketones is 1. The van der Waals surface area contributed by atoms with Crippen molar-refractivity contribution >= 4 is 27.8 Å². The molecule has 1 aliphatic rings. The maximum atomic E-state index is 11.7. The second kappa shape index (κ2) is 3.93. The highest BCUT2D eigenvalue weighted by atomic mass is 79.9. The topological polar surface area (TPSA) is 17.1 Å². The zero-order chi connectivity index (χ0) is 11.0. The molecule has 1 nitrogen and oxygen atoms in total. The van der Waals surface area contributed by atoms with Gasteiger partial charge in [-0.05, 0) is 24.1 Å². The van der Waals surface area contributed by atoms with Crippen molar-refractivity contribution in [3.05, 3.63) is 40.5 Å². The Labute approximate surface area is 98.3 Å². The van der Waals surface area contributed by atoms with Crippen LogP contribution in [0.5, 0.6) is 0 Å². The first-order chi connectivity index (χ1) is 7.13. The highest BCUT2D eigenvalue weighted by Gasteiger charge is 2.25. The van der Waals surface area contributed by atoms with Crippen LogP contribution in [0, 0.1) is 6.92 Å². The van der Waals surface area contributed by atoms with E-state index in [1.807, 2.05) is 6.08 Å². The van der Waals surface area contributed by atoms with E-state index in [1.165, 1.54) is 16.7 Å². The van der Waals surface area contributed by atoms with Crippen LogP contribution in [0.4, 0.5) is 0 Å². The fraction of sp³-hybridized carbons (Fsp3) is 0.308. The van der Waals surface area contributed by atoms with E-state index in [0.717, 1.165) is 5.57 Å². The Bertz CT molecular complexity index is 446. The van der Waals surface area contributed by atoms with Gasteiger partial charge in [0.1, 0.15) is 0 Å². The zero-order valence-electron chi connectivity index (χ0n) is 8.88. The summed E-state index contributed by atoms with van der Waals surface area (Å²) in [7, 11) is 0. The van der Waals surface area contributed by atoms with Crippen LogP contribution in [0.1, 0.15) is 29.5 Å². The van der Waals surface area contributed by atoms with Gasteiger partial charge < -0.3 is 0 Å². The van der Waals surface area contributed by atoms with Crippen molar-refractivity contribution in [2.75, 3.05) is 5.33 Å². The number of hydrogen-bond donors (Lipinski definition) is 0. The molecule has 1 aliphatic carbocycles. The molecule has 0 N–H and O–H groups in total. The lowest BCUT2D eigenvalue weighted by molar-refractivity contribution is -0.113. The van der Waals surface area contributed by atoms with E-state index in [1.54, 1.807) is 0 Å². The smallest absolute Gasteiger partial charge is 0.169 e. The van der Waals surface area contributed by atoms with Gasteiger partial charge in [-0.2, -0.15) is 0 Å². The number of halogens is 1. The number of Topliss-reactive ketones (excluding diaryl/α,β-unsaturated/α-hetero) is 1. The number of allylic oxidation sites excluding steroid dienone is 1. The summed E-state index contributed by atoms with van der Waals surface area (Å²) in [6.45, 7) is 4.18. The molecule has 0 spiro atoms. The van der Waals surface area contributed by atoms with Crippen LogP contribution in [0.25, 0.3) is 6.08 Å². The molecule has 0 amide bonds. The molecule has 0 radical (unpaired) electrons. The van der Waals surface area contributed by atoms with Gasteiger partial charge in [0.05, 0.1) is 5.33 Å². The first-order valence-corrected chi connectivity index (χ1v) is 6.17. The van der Waals surface area contributed by atoms with Gasteiger partial charge in [0.2, 0.25) is 0 Å². The van der Waals surface area contributed by atoms with Crippen LogP contribution in [-0.4, -0.2) is 11.1 Å². The minimum absolute atomic E-state index is 0.191. The van der Waals surface area contributed by atoms with Crippen LogP contribution in [0.3, 0.4) is 0 Å². The molecule has 0 aromatic heterocycles. The van der Waals surface area contributed by atoms with E-state index in [4.69, 9.17) is 0 Å². The second-order valence-corrected chi connectivity index (χ2v) is 4.57. The first-order valence-electron chi connectivity index (χ1n) is 5.05. The van der Waals surface area contributed by atoms with Crippen LogP contribution >= 0.6 is 15.9 Å². The third-order valence-electron chi connectivity index (χ3n) is 2.93. The number of fused-ring (bicyclic) bond motifs is 1. The van der Waals surface area contributed by atoms with Gasteiger partial charge in [0.15, 0.2) is 5.78 Å². The Hall–Kier alpha value is -0.890. The molecule has 1 atom stereocenters. The largest absolute Gasteiger partial charge is 0.294 e. The molecule has 0 heterocycles. The monoisotopic (exact) mass is 264 g/mol. The van der Waals surface area contributed by atoms with Crippen molar-refractivity contribution in [1.29, 1.82) is 0 Å². The number of carbonyl (C=O) groups is 1. The fourth-order valence-electron chi connectivity index (χ4n) is 2.06. The molecule has 2 heteroatoms. The van der Waals surface area contributed by atoms with Crippen molar-refractivity contribution in [1.82, 2.24) is 0 Å². The lowest BCUT2D eigenvalue weighted by Gasteiger charge is -2.09. The van der Waals surface area contributed by atoms with Gasteiger partial charge in [0, 0.05) is 11.5 Å². The van der Waals surface area contributed by atoms with Gasteiger partial charge in [-0.3, -0.25) is 4.79 Å². The Morgan fingerprint density at radius 3 is 2.87 bits per heavy atom. The third-order valence-corrected chi connectivity index (χ3v) is 3.44. The molecule has 15 heavy (non-hydrogen) atoms. The molecular weight excluding hydrogens is 252 g/mol. The molecule has 0 bridgehead atoms. The Balaban J connectivity index is 2.43. The predicted octanol–water partition coefficient (Wildman–Crippen LogP) is 3.46. The number of hydrogen-bond acceptors (Lipinski definition) is 1. The normalized spacial score (nSPS) is 18.6. The Kier molecular flexibility index (Phi) is 2.79. The number of aryl methyl sites for hydroxylation is 1. The molecule has 1 unspecified atom stereocenters. The molecule has 0 saturated carbocycles. The molecule has 1 aromatic carbocycles. The highest BCUT2D eigenvalue weighted by molar-refractivity contribution is 9.09. The average molecular weight is 265 g/mol. The van der Waals surface area contributed by atoms with E-state index >= 15 is 0 Å². The number of benzene rings is 1. The van der Waals surface area contributed by atoms with Crippen molar-refractivity contribution in [3.8, 4) is 0 Å². The maximum absolute atomic E-state index is 11.7. The molecular formula is C13H13BrO. The van der Waals surface area contributed by atoms with Crippen LogP contribution in [0.15, 0.2) is 23.8 Å². The van der Waals surface area contributed by atoms with E-state index in [9.17, 15) is 4.79 Å². The van der Waals surface area contributed by atoms with E-state index < -0.39 is 0 Å². The summed E-state index contributed by atoms with van der Waals surface area (Å²) < 4.78 is 0. The first kappa shape index (κ1) is 10.6. The number of carbonyl (C=O) groups excluding carboxylic acids is 1. The SMILES string of the molecule is Cc1ccc2c(c1)C(C)C(C(=O)CBr)=C2. The third kappa shape index (κ3) is 1.78. The molecule has 1 aromatic rings. The summed E-state index contributed by atoms with van der Waals surface area (Å²) in [5, 5.41) is 0.413. The summed E-state index contributed by atoms with van der Waals surface area (Å²) >= 11 is 3.22. The summed E-state index contributed by atoms with van der Waals surface area (Å²) in [6.07, 6.45) is 2.02. The highest BCUT2D eigenvalue weighted by Crippen LogP contribution is 2.36. The zero-order valence-corrected chi connectivity index (χ0v) is 10.5. The molecule has 78 valence electrons. The van der Waals surface area contributed by atoms with E-state index in [0.29, 0.717) is 5.33 Å². The summed E-state index contributed by atoms with van der Waals surface area (Å²) in [6, 6.07) is 6.35. The Morgan fingerprint density at radius 1 is 1.47 bits per heavy atom. The van der Waals surface area contributed by atoms with Gasteiger partial charge in [-0.25, -0.2) is 0 Å². The van der Waals surface area contributed by atoms with Crippen LogP contribution < -0.4 is 0 Å². The number of alkyl halides is 1. The van der Waals surface area contributed by atoms with Crippen molar-refractivity contribution in [2.45, 2.75) is 19.8 Å². The van der Waals surface area contributed by atoms with Crippen molar-refractivity contribution in [3.63, 3.8) is 0 Å². The molecule has 0 fully saturated rings. The van der Waals surface area contributed by atoms with Gasteiger partial charge in [-0.1, -0.05) is 46.6 Å². The molecule has 0 aliphatic heterocycles. The average Bonchev–Trinajstić information content (AvgIpc) is 2.55. The molecule has 0 saturated heterocycles. The van der Waals surface area contributed by atoms with Gasteiger partial charge in [-0.15, -0.1) is 0 Å². The van der Waals surface area contributed by atoms with E-state index in [-0.39, 0.29) is 11.7 Å². The minimum atomic E-state index is 0.191. The predicted molar refractivity (Wildman–Crippen MR) is 66.4 cm³/mol.